The van der Waals surface area contributed by atoms with Gasteiger partial charge < -0.3 is 14.8 Å². The summed E-state index contributed by atoms with van der Waals surface area (Å²) in [6.45, 7) is 4.46. The van der Waals surface area contributed by atoms with Gasteiger partial charge in [0, 0.05) is 23.6 Å². The molecule has 2 aromatic carbocycles. The van der Waals surface area contributed by atoms with Crippen molar-refractivity contribution in [2.45, 2.75) is 45.7 Å². The van der Waals surface area contributed by atoms with Gasteiger partial charge in [0.2, 0.25) is 0 Å². The number of amides is 1. The molecular weight excluding hydrogens is 394 g/mol. The molecular formula is C24H29N3O4. The van der Waals surface area contributed by atoms with Crippen molar-refractivity contribution in [3.8, 4) is 11.5 Å². The minimum atomic E-state index is -0.342. The Morgan fingerprint density at radius 1 is 1.10 bits per heavy atom. The standard InChI is InChI=1S/C24H29N3O4/c1-5-6-9-14-27-24(29)20-11-8-7-10-19(20)22(26-27)23(28)25-16(2)18-13-12-17(30-3)15-21(18)31-4/h7-8,10-13,15-16H,5-6,9,14H2,1-4H3,(H,25,28). The highest BCUT2D eigenvalue weighted by molar-refractivity contribution is 6.04. The Morgan fingerprint density at radius 3 is 2.52 bits per heavy atom. The summed E-state index contributed by atoms with van der Waals surface area (Å²) < 4.78 is 12.1. The topological polar surface area (TPSA) is 82.5 Å². The van der Waals surface area contributed by atoms with Gasteiger partial charge in [0.1, 0.15) is 11.5 Å². The van der Waals surface area contributed by atoms with E-state index in [9.17, 15) is 9.59 Å². The number of rotatable bonds is 9. The van der Waals surface area contributed by atoms with E-state index < -0.39 is 0 Å². The lowest BCUT2D eigenvalue weighted by atomic mass is 10.1. The van der Waals surface area contributed by atoms with Crippen LogP contribution in [-0.4, -0.2) is 29.9 Å². The summed E-state index contributed by atoms with van der Waals surface area (Å²) in [6, 6.07) is 12.2. The van der Waals surface area contributed by atoms with Crippen LogP contribution < -0.4 is 20.3 Å². The molecule has 1 unspecified atom stereocenters. The lowest BCUT2D eigenvalue weighted by Gasteiger charge is -2.18. The fourth-order valence-electron chi connectivity index (χ4n) is 3.58. The van der Waals surface area contributed by atoms with Crippen molar-refractivity contribution in [3.63, 3.8) is 0 Å². The molecule has 0 aliphatic heterocycles. The Kier molecular flexibility index (Phi) is 7.28. The van der Waals surface area contributed by atoms with E-state index in [1.165, 1.54) is 4.68 Å². The molecule has 1 aromatic heterocycles. The van der Waals surface area contributed by atoms with Crippen LogP contribution in [0.1, 0.15) is 55.2 Å². The molecule has 1 atom stereocenters. The van der Waals surface area contributed by atoms with Crippen molar-refractivity contribution in [2.24, 2.45) is 0 Å². The summed E-state index contributed by atoms with van der Waals surface area (Å²) in [5.41, 5.74) is 0.886. The first-order chi connectivity index (χ1) is 15.0. The number of ether oxygens (including phenoxy) is 2. The summed E-state index contributed by atoms with van der Waals surface area (Å²) in [7, 11) is 3.17. The van der Waals surface area contributed by atoms with E-state index >= 15 is 0 Å². The van der Waals surface area contributed by atoms with Gasteiger partial charge >= 0.3 is 0 Å². The van der Waals surface area contributed by atoms with Gasteiger partial charge in [0.05, 0.1) is 25.6 Å². The van der Waals surface area contributed by atoms with E-state index in [0.717, 1.165) is 24.8 Å². The van der Waals surface area contributed by atoms with Gasteiger partial charge in [-0.05, 0) is 31.5 Å². The molecule has 1 N–H and O–H groups in total. The number of nitrogens with one attached hydrogen (secondary N) is 1. The van der Waals surface area contributed by atoms with Crippen LogP contribution in [0, 0.1) is 0 Å². The van der Waals surface area contributed by atoms with E-state index in [0.29, 0.717) is 28.8 Å². The molecule has 1 amide bonds. The average Bonchev–Trinajstić information content (AvgIpc) is 2.80. The number of hydrogen-bond acceptors (Lipinski definition) is 5. The summed E-state index contributed by atoms with van der Waals surface area (Å²) >= 11 is 0. The van der Waals surface area contributed by atoms with Crippen molar-refractivity contribution in [3.05, 3.63) is 64.1 Å². The fraction of sp³-hybridized carbons (Fsp3) is 0.375. The molecule has 0 aliphatic rings. The number of methoxy groups -OCH3 is 2. The Morgan fingerprint density at radius 2 is 1.84 bits per heavy atom. The average molecular weight is 424 g/mol. The van der Waals surface area contributed by atoms with Crippen LogP contribution >= 0.6 is 0 Å². The zero-order valence-electron chi connectivity index (χ0n) is 18.5. The first-order valence-corrected chi connectivity index (χ1v) is 10.5. The van der Waals surface area contributed by atoms with Crippen LogP contribution in [0.5, 0.6) is 11.5 Å². The predicted molar refractivity (Wildman–Crippen MR) is 121 cm³/mol. The summed E-state index contributed by atoms with van der Waals surface area (Å²) in [4.78, 5) is 26.0. The molecule has 1 heterocycles. The van der Waals surface area contributed by atoms with Gasteiger partial charge in [-0.2, -0.15) is 5.10 Å². The normalized spacial score (nSPS) is 11.9. The third kappa shape index (κ3) is 4.87. The first-order valence-electron chi connectivity index (χ1n) is 10.5. The maximum absolute atomic E-state index is 13.2. The van der Waals surface area contributed by atoms with Crippen LogP contribution in [-0.2, 0) is 6.54 Å². The number of aryl methyl sites for hydroxylation is 1. The van der Waals surface area contributed by atoms with Crippen LogP contribution in [0.2, 0.25) is 0 Å². The molecule has 0 bridgehead atoms. The molecule has 7 nitrogen and oxygen atoms in total. The highest BCUT2D eigenvalue weighted by Gasteiger charge is 2.20. The summed E-state index contributed by atoms with van der Waals surface area (Å²) in [5, 5.41) is 8.46. The van der Waals surface area contributed by atoms with Crippen LogP contribution in [0.25, 0.3) is 10.8 Å². The van der Waals surface area contributed by atoms with Crippen molar-refractivity contribution in [1.29, 1.82) is 0 Å². The second-order valence-corrected chi connectivity index (χ2v) is 7.43. The Balaban J connectivity index is 1.95. The lowest BCUT2D eigenvalue weighted by molar-refractivity contribution is 0.0934. The molecule has 0 spiro atoms. The van der Waals surface area contributed by atoms with E-state index in [2.05, 4.69) is 17.3 Å². The van der Waals surface area contributed by atoms with E-state index in [1.807, 2.05) is 19.1 Å². The van der Waals surface area contributed by atoms with Gasteiger partial charge in [0.15, 0.2) is 5.69 Å². The minimum Gasteiger partial charge on any atom is -0.497 e. The number of aromatic nitrogens is 2. The zero-order valence-corrected chi connectivity index (χ0v) is 18.5. The zero-order chi connectivity index (χ0) is 22.4. The quantitative estimate of drug-likeness (QED) is 0.524. The second kappa shape index (κ2) is 10.1. The Hall–Kier alpha value is -3.35. The van der Waals surface area contributed by atoms with Gasteiger partial charge in [-0.1, -0.05) is 38.0 Å². The van der Waals surface area contributed by atoms with Crippen molar-refractivity contribution in [1.82, 2.24) is 15.1 Å². The molecule has 0 radical (unpaired) electrons. The highest BCUT2D eigenvalue weighted by atomic mass is 16.5. The Bertz CT molecular complexity index is 1120. The number of benzene rings is 2. The molecule has 0 aliphatic carbocycles. The van der Waals surface area contributed by atoms with Gasteiger partial charge in [-0.15, -0.1) is 0 Å². The van der Waals surface area contributed by atoms with E-state index in [4.69, 9.17) is 9.47 Å². The molecule has 3 aromatic rings. The molecule has 0 fully saturated rings. The molecule has 31 heavy (non-hydrogen) atoms. The largest absolute Gasteiger partial charge is 0.497 e. The van der Waals surface area contributed by atoms with Crippen molar-refractivity contribution < 1.29 is 14.3 Å². The van der Waals surface area contributed by atoms with E-state index in [-0.39, 0.29) is 23.2 Å². The molecule has 7 heteroatoms. The number of carbonyl (C=O) groups excluding carboxylic acids is 1. The monoisotopic (exact) mass is 423 g/mol. The van der Waals surface area contributed by atoms with Crippen LogP contribution in [0.15, 0.2) is 47.3 Å². The minimum absolute atomic E-state index is 0.173. The van der Waals surface area contributed by atoms with Gasteiger partial charge in [-0.25, -0.2) is 4.68 Å². The maximum atomic E-state index is 13.2. The van der Waals surface area contributed by atoms with Crippen molar-refractivity contribution in [2.75, 3.05) is 14.2 Å². The second-order valence-electron chi connectivity index (χ2n) is 7.43. The smallest absolute Gasteiger partial charge is 0.274 e. The number of carbonyl (C=O) groups is 1. The number of fused-ring (bicyclic) bond motifs is 1. The third-order valence-corrected chi connectivity index (χ3v) is 5.31. The lowest BCUT2D eigenvalue weighted by Crippen LogP contribution is -2.32. The first kappa shape index (κ1) is 22.3. The van der Waals surface area contributed by atoms with Crippen LogP contribution in [0.4, 0.5) is 0 Å². The third-order valence-electron chi connectivity index (χ3n) is 5.31. The molecule has 164 valence electrons. The number of nitrogens with zero attached hydrogens (tertiary/aromatic N) is 2. The molecule has 3 rings (SSSR count). The number of unbranched alkanes of at least 4 members (excludes halogenated alkanes) is 2. The number of hydrogen-bond donors (Lipinski definition) is 1. The van der Waals surface area contributed by atoms with Crippen LogP contribution in [0.3, 0.4) is 0 Å². The summed E-state index contributed by atoms with van der Waals surface area (Å²) in [6.07, 6.45) is 2.87. The summed E-state index contributed by atoms with van der Waals surface area (Å²) in [5.74, 6) is 0.950. The van der Waals surface area contributed by atoms with Crippen molar-refractivity contribution >= 4 is 16.7 Å². The van der Waals surface area contributed by atoms with Gasteiger partial charge in [-0.3, -0.25) is 9.59 Å². The Labute approximate surface area is 182 Å². The maximum Gasteiger partial charge on any atom is 0.274 e. The molecule has 0 saturated heterocycles. The van der Waals surface area contributed by atoms with E-state index in [1.54, 1.807) is 44.6 Å². The highest BCUT2D eigenvalue weighted by Crippen LogP contribution is 2.29. The fourth-order valence-corrected chi connectivity index (χ4v) is 3.58. The SMILES string of the molecule is CCCCCn1nc(C(=O)NC(C)c2ccc(OC)cc2OC)c2ccccc2c1=O. The van der Waals surface area contributed by atoms with Gasteiger partial charge in [0.25, 0.3) is 11.5 Å². The predicted octanol–water partition coefficient (Wildman–Crippen LogP) is 4.09. The molecule has 0 saturated carbocycles.